The van der Waals surface area contributed by atoms with Crippen LogP contribution in [0.25, 0.3) is 0 Å². The number of nitrogens with zero attached hydrogens (tertiary/aromatic N) is 2. The van der Waals surface area contributed by atoms with E-state index in [4.69, 9.17) is 9.47 Å². The van der Waals surface area contributed by atoms with Crippen LogP contribution in [0.5, 0.6) is 11.5 Å². The van der Waals surface area contributed by atoms with Crippen LogP contribution in [0.1, 0.15) is 33.1 Å². The molecule has 8 nitrogen and oxygen atoms in total. The number of carbonyl (C=O) groups excluding carboxylic acids is 4. The average molecular weight is 489 g/mol. The SMILES string of the molecule is CCOc1ccc(N2C[C@H](C(=O)Oc3ccc(N4C(=O)[C@H]5CC=C(C)C[C@H]5C4=O)cc3)CC2=O)cc1. The lowest BCUT2D eigenvalue weighted by molar-refractivity contribution is -0.139. The summed E-state index contributed by atoms with van der Waals surface area (Å²) >= 11 is 0. The molecule has 0 radical (unpaired) electrons. The normalized spacial score (nSPS) is 23.6. The number of hydrogen-bond acceptors (Lipinski definition) is 6. The summed E-state index contributed by atoms with van der Waals surface area (Å²) < 4.78 is 11.0. The first-order valence-electron chi connectivity index (χ1n) is 12.2. The Bertz CT molecular complexity index is 1230. The Labute approximate surface area is 209 Å². The number of ether oxygens (including phenoxy) is 2. The molecule has 186 valence electrons. The molecule has 0 saturated carbocycles. The molecule has 2 aromatic rings. The van der Waals surface area contributed by atoms with Crippen LogP contribution in [0, 0.1) is 17.8 Å². The minimum atomic E-state index is -0.593. The number of anilines is 2. The molecule has 3 atom stereocenters. The summed E-state index contributed by atoms with van der Waals surface area (Å²) in [4.78, 5) is 53.9. The van der Waals surface area contributed by atoms with Crippen LogP contribution >= 0.6 is 0 Å². The van der Waals surface area contributed by atoms with Gasteiger partial charge in [0.1, 0.15) is 11.5 Å². The first-order valence-corrected chi connectivity index (χ1v) is 12.2. The Morgan fingerprint density at radius 2 is 1.53 bits per heavy atom. The zero-order chi connectivity index (χ0) is 25.4. The van der Waals surface area contributed by atoms with Gasteiger partial charge in [-0.05, 0) is 75.2 Å². The molecule has 1 aliphatic carbocycles. The van der Waals surface area contributed by atoms with E-state index in [1.807, 2.05) is 19.9 Å². The van der Waals surface area contributed by atoms with E-state index in [-0.39, 0.29) is 42.5 Å². The van der Waals surface area contributed by atoms with E-state index >= 15 is 0 Å². The van der Waals surface area contributed by atoms with Crippen molar-refractivity contribution in [1.29, 1.82) is 0 Å². The van der Waals surface area contributed by atoms with Crippen LogP contribution < -0.4 is 19.3 Å². The summed E-state index contributed by atoms with van der Waals surface area (Å²) in [6.45, 7) is 4.67. The number of rotatable bonds is 6. The molecule has 3 amide bonds. The summed E-state index contributed by atoms with van der Waals surface area (Å²) in [7, 11) is 0. The standard InChI is InChI=1S/C28H28N2O6/c1-3-35-21-9-5-19(6-10-21)29-16-18(15-25(29)31)28(34)36-22-11-7-20(8-12-22)30-26(32)23-13-4-17(2)14-24(23)27(30)33/h4-12,18,23-24H,3,13-16H2,1-2H3/t18-,23+,24-/m1/s1. The van der Waals surface area contributed by atoms with E-state index < -0.39 is 11.9 Å². The second kappa shape index (κ2) is 9.60. The Balaban J connectivity index is 1.22. The van der Waals surface area contributed by atoms with Gasteiger partial charge < -0.3 is 14.4 Å². The minimum Gasteiger partial charge on any atom is -0.494 e. The zero-order valence-electron chi connectivity index (χ0n) is 20.3. The largest absolute Gasteiger partial charge is 0.494 e. The summed E-state index contributed by atoms with van der Waals surface area (Å²) in [5.41, 5.74) is 2.30. The predicted molar refractivity (Wildman–Crippen MR) is 133 cm³/mol. The van der Waals surface area contributed by atoms with Crippen molar-refractivity contribution < 1.29 is 28.7 Å². The number of carbonyl (C=O) groups is 4. The highest BCUT2D eigenvalue weighted by Gasteiger charge is 2.48. The third kappa shape index (κ3) is 4.39. The number of fused-ring (bicyclic) bond motifs is 1. The maximum Gasteiger partial charge on any atom is 0.316 e. The zero-order valence-corrected chi connectivity index (χ0v) is 20.3. The number of imide groups is 1. The number of amides is 3. The van der Waals surface area contributed by atoms with E-state index in [0.29, 0.717) is 36.6 Å². The highest BCUT2D eigenvalue weighted by Crippen LogP contribution is 2.40. The van der Waals surface area contributed by atoms with Crippen molar-refractivity contribution in [1.82, 2.24) is 0 Å². The van der Waals surface area contributed by atoms with Crippen molar-refractivity contribution >= 4 is 35.1 Å². The molecular weight excluding hydrogens is 460 g/mol. The van der Waals surface area contributed by atoms with Gasteiger partial charge in [0.05, 0.1) is 30.0 Å². The summed E-state index contributed by atoms with van der Waals surface area (Å²) in [5, 5.41) is 0. The summed E-state index contributed by atoms with van der Waals surface area (Å²) in [6, 6.07) is 13.5. The Morgan fingerprint density at radius 1 is 0.889 bits per heavy atom. The van der Waals surface area contributed by atoms with Gasteiger partial charge in [-0.15, -0.1) is 0 Å². The maximum absolute atomic E-state index is 12.9. The lowest BCUT2D eigenvalue weighted by atomic mass is 9.82. The van der Waals surface area contributed by atoms with Gasteiger partial charge in [-0.25, -0.2) is 0 Å². The van der Waals surface area contributed by atoms with Crippen LogP contribution in [0.4, 0.5) is 11.4 Å². The minimum absolute atomic E-state index is 0.0666. The van der Waals surface area contributed by atoms with Gasteiger partial charge in [0.2, 0.25) is 17.7 Å². The van der Waals surface area contributed by atoms with E-state index in [0.717, 1.165) is 11.3 Å². The molecule has 5 rings (SSSR count). The van der Waals surface area contributed by atoms with Gasteiger partial charge in [0, 0.05) is 18.7 Å². The van der Waals surface area contributed by atoms with Crippen LogP contribution in [-0.2, 0) is 19.2 Å². The molecular formula is C28H28N2O6. The van der Waals surface area contributed by atoms with Crippen molar-refractivity contribution in [2.24, 2.45) is 17.8 Å². The van der Waals surface area contributed by atoms with Crippen molar-refractivity contribution in [2.75, 3.05) is 23.0 Å². The molecule has 2 fully saturated rings. The van der Waals surface area contributed by atoms with E-state index in [1.165, 1.54) is 4.90 Å². The molecule has 0 spiro atoms. The molecule has 0 unspecified atom stereocenters. The van der Waals surface area contributed by atoms with Crippen molar-refractivity contribution in [3.63, 3.8) is 0 Å². The van der Waals surface area contributed by atoms with Crippen molar-refractivity contribution in [3.8, 4) is 11.5 Å². The highest BCUT2D eigenvalue weighted by molar-refractivity contribution is 6.22. The lowest BCUT2D eigenvalue weighted by Gasteiger charge is -2.18. The molecule has 2 heterocycles. The first kappa shape index (κ1) is 23.8. The molecule has 0 bridgehead atoms. The van der Waals surface area contributed by atoms with Crippen LogP contribution in [0.2, 0.25) is 0 Å². The maximum atomic E-state index is 12.9. The fourth-order valence-corrected chi connectivity index (χ4v) is 5.16. The Kier molecular flexibility index (Phi) is 6.35. The number of allylic oxidation sites excluding steroid dienone is 2. The number of hydrogen-bond donors (Lipinski definition) is 0. The van der Waals surface area contributed by atoms with E-state index in [2.05, 4.69) is 0 Å². The predicted octanol–water partition coefficient (Wildman–Crippen LogP) is 3.89. The van der Waals surface area contributed by atoms with Gasteiger partial charge in [-0.2, -0.15) is 0 Å². The van der Waals surface area contributed by atoms with E-state index in [1.54, 1.807) is 53.4 Å². The summed E-state index contributed by atoms with van der Waals surface area (Å²) in [6.07, 6.45) is 3.29. The fraction of sp³-hybridized carbons (Fsp3) is 0.357. The topological polar surface area (TPSA) is 93.2 Å². The molecule has 3 aliphatic rings. The Hall–Kier alpha value is -3.94. The molecule has 0 N–H and O–H groups in total. The van der Waals surface area contributed by atoms with Gasteiger partial charge in [0.15, 0.2) is 0 Å². The smallest absolute Gasteiger partial charge is 0.316 e. The van der Waals surface area contributed by atoms with E-state index in [9.17, 15) is 19.2 Å². The van der Waals surface area contributed by atoms with Gasteiger partial charge in [-0.1, -0.05) is 11.6 Å². The Morgan fingerprint density at radius 3 is 2.22 bits per heavy atom. The van der Waals surface area contributed by atoms with Gasteiger partial charge in [-0.3, -0.25) is 24.1 Å². The summed E-state index contributed by atoms with van der Waals surface area (Å²) in [5.74, 6) is -1.20. The van der Waals surface area contributed by atoms with Gasteiger partial charge in [0.25, 0.3) is 0 Å². The van der Waals surface area contributed by atoms with Crippen LogP contribution in [-0.4, -0.2) is 36.8 Å². The quantitative estimate of drug-likeness (QED) is 0.265. The molecule has 2 saturated heterocycles. The molecule has 8 heteroatoms. The number of esters is 1. The second-order valence-corrected chi connectivity index (χ2v) is 9.46. The second-order valence-electron chi connectivity index (χ2n) is 9.46. The highest BCUT2D eigenvalue weighted by atomic mass is 16.5. The fourth-order valence-electron chi connectivity index (χ4n) is 5.16. The molecule has 2 aliphatic heterocycles. The average Bonchev–Trinajstić information content (AvgIpc) is 3.37. The van der Waals surface area contributed by atoms with Crippen LogP contribution in [0.3, 0.4) is 0 Å². The molecule has 2 aromatic carbocycles. The first-order chi connectivity index (χ1) is 17.4. The monoisotopic (exact) mass is 488 g/mol. The third-order valence-corrected chi connectivity index (χ3v) is 7.05. The van der Waals surface area contributed by atoms with Gasteiger partial charge >= 0.3 is 5.97 Å². The van der Waals surface area contributed by atoms with Crippen LogP contribution in [0.15, 0.2) is 60.2 Å². The molecule has 36 heavy (non-hydrogen) atoms. The van der Waals surface area contributed by atoms with Crippen molar-refractivity contribution in [2.45, 2.75) is 33.1 Å². The lowest BCUT2D eigenvalue weighted by Crippen LogP contribution is -2.30. The third-order valence-electron chi connectivity index (χ3n) is 7.05. The number of benzene rings is 2. The molecule has 0 aromatic heterocycles. The van der Waals surface area contributed by atoms with Crippen molar-refractivity contribution in [3.05, 3.63) is 60.2 Å².